The number of benzene rings is 1. The standard InChI is InChI=1S/C17H20O11S.Na.H/c1-7-10(19)3-2-9-8(4-12(20)27-16(7)9)6-29(24,25)28-17-15(23)14(22)13(21)11(5-18)26-17;;/h2-4,11,13-15,17-19,21-23H,5-6H2,1H3;;/q;+1;-1/t11-,13+,14+,15-,17?;;/m1../s1. The molecule has 2 heterocycles. The van der Waals surface area contributed by atoms with Gasteiger partial charge in [-0.3, -0.25) is 0 Å². The molecule has 5 atom stereocenters. The summed E-state index contributed by atoms with van der Waals surface area (Å²) in [5, 5.41) is 48.6. The zero-order valence-corrected chi connectivity index (χ0v) is 18.9. The second-order valence-corrected chi connectivity index (χ2v) is 8.27. The number of fused-ring (bicyclic) bond motifs is 1. The number of hydrogen-bond acceptors (Lipinski definition) is 11. The third-order valence-electron chi connectivity index (χ3n) is 4.64. The number of aliphatic hydroxyl groups is 4. The van der Waals surface area contributed by atoms with Crippen molar-refractivity contribution in [1.29, 1.82) is 0 Å². The molecule has 1 aliphatic heterocycles. The number of phenolic OH excluding ortho intramolecular Hbond substituents is 1. The van der Waals surface area contributed by atoms with Crippen LogP contribution in [0.25, 0.3) is 11.0 Å². The summed E-state index contributed by atoms with van der Waals surface area (Å²) < 4.78 is 39.9. The summed E-state index contributed by atoms with van der Waals surface area (Å²) in [6.45, 7) is 0.737. The van der Waals surface area contributed by atoms with E-state index in [1.54, 1.807) is 0 Å². The van der Waals surface area contributed by atoms with Crippen molar-refractivity contribution in [3.05, 3.63) is 39.7 Å². The van der Waals surface area contributed by atoms with Crippen molar-refractivity contribution in [3.63, 3.8) is 0 Å². The first-order chi connectivity index (χ1) is 13.5. The Kier molecular flexibility index (Phi) is 8.07. The zero-order chi connectivity index (χ0) is 21.5. The van der Waals surface area contributed by atoms with E-state index in [2.05, 4.69) is 0 Å². The minimum Gasteiger partial charge on any atom is -1.00 e. The van der Waals surface area contributed by atoms with Crippen molar-refractivity contribution < 1.29 is 78.3 Å². The van der Waals surface area contributed by atoms with Gasteiger partial charge in [-0.25, -0.2) is 8.98 Å². The number of aliphatic hydroxyl groups excluding tert-OH is 4. The van der Waals surface area contributed by atoms with E-state index in [9.17, 15) is 33.6 Å². The predicted octanol–water partition coefficient (Wildman–Crippen LogP) is -4.43. The quantitative estimate of drug-likeness (QED) is 0.166. The Labute approximate surface area is 194 Å². The van der Waals surface area contributed by atoms with Gasteiger partial charge in [-0.1, -0.05) is 0 Å². The second-order valence-electron chi connectivity index (χ2n) is 6.67. The molecule has 0 aliphatic carbocycles. The molecule has 1 aromatic carbocycles. The van der Waals surface area contributed by atoms with Crippen LogP contribution in [0.15, 0.2) is 27.4 Å². The summed E-state index contributed by atoms with van der Waals surface area (Å²) in [7, 11) is -4.47. The van der Waals surface area contributed by atoms with E-state index >= 15 is 0 Å². The molecule has 1 aromatic heterocycles. The van der Waals surface area contributed by atoms with Gasteiger partial charge in [0, 0.05) is 17.0 Å². The summed E-state index contributed by atoms with van der Waals surface area (Å²) in [5.41, 5.74) is -0.572. The van der Waals surface area contributed by atoms with Crippen LogP contribution in [0.3, 0.4) is 0 Å². The molecule has 162 valence electrons. The monoisotopic (exact) mass is 456 g/mol. The molecule has 30 heavy (non-hydrogen) atoms. The van der Waals surface area contributed by atoms with Crippen LogP contribution in [0.2, 0.25) is 0 Å². The van der Waals surface area contributed by atoms with E-state index < -0.39 is 58.8 Å². The van der Waals surface area contributed by atoms with Crippen LogP contribution in [0.1, 0.15) is 12.6 Å². The minimum atomic E-state index is -4.47. The SMILES string of the molecule is Cc1c(O)ccc2c(CS(=O)(=O)OC3O[C@H](CO)[C@H](O)[C@H](O)[C@H]3O)cc(=O)oc12.[H-].[Na+]. The molecule has 0 amide bonds. The van der Waals surface area contributed by atoms with Crippen molar-refractivity contribution in [1.82, 2.24) is 0 Å². The Hall–Kier alpha value is -1.06. The smallest absolute Gasteiger partial charge is 1.00 e. The molecule has 13 heteroatoms. The molecule has 0 spiro atoms. The molecule has 0 saturated carbocycles. The fraction of sp³-hybridized carbons (Fsp3) is 0.471. The Morgan fingerprint density at radius 1 is 1.17 bits per heavy atom. The predicted molar refractivity (Wildman–Crippen MR) is 97.5 cm³/mol. The fourth-order valence-corrected chi connectivity index (χ4v) is 4.19. The van der Waals surface area contributed by atoms with Gasteiger partial charge in [0.15, 0.2) is 0 Å². The van der Waals surface area contributed by atoms with Gasteiger partial charge in [0.05, 0.1) is 6.61 Å². The normalized spacial score (nSPS) is 27.0. The van der Waals surface area contributed by atoms with Crippen molar-refractivity contribution in [2.24, 2.45) is 0 Å². The first-order valence-corrected chi connectivity index (χ1v) is 10.1. The van der Waals surface area contributed by atoms with E-state index in [4.69, 9.17) is 18.4 Å². The van der Waals surface area contributed by atoms with E-state index in [-0.39, 0.29) is 58.8 Å². The van der Waals surface area contributed by atoms with E-state index in [1.165, 1.54) is 19.1 Å². The maximum atomic E-state index is 12.5. The summed E-state index contributed by atoms with van der Waals surface area (Å²) >= 11 is 0. The molecular formula is C17H21NaO11S. The minimum absolute atomic E-state index is 0. The largest absolute Gasteiger partial charge is 1.00 e. The van der Waals surface area contributed by atoms with Crippen LogP contribution in [0, 0.1) is 6.92 Å². The number of ether oxygens (including phenoxy) is 1. The molecule has 5 N–H and O–H groups in total. The average molecular weight is 456 g/mol. The molecule has 2 aromatic rings. The van der Waals surface area contributed by atoms with Gasteiger partial charge in [-0.15, -0.1) is 0 Å². The first kappa shape index (κ1) is 25.2. The average Bonchev–Trinajstić information content (AvgIpc) is 2.65. The molecule has 1 aliphatic rings. The number of phenols is 1. The third kappa shape index (κ3) is 5.05. The zero-order valence-electron chi connectivity index (χ0n) is 17.1. The Morgan fingerprint density at radius 2 is 1.83 bits per heavy atom. The summed E-state index contributed by atoms with van der Waals surface area (Å²) in [5.74, 6) is -0.952. The van der Waals surface area contributed by atoms with E-state index in [0.29, 0.717) is 0 Å². The van der Waals surface area contributed by atoms with Crippen LogP contribution < -0.4 is 35.2 Å². The maximum absolute atomic E-state index is 12.5. The van der Waals surface area contributed by atoms with Crippen molar-refractivity contribution in [2.45, 2.75) is 43.4 Å². The van der Waals surface area contributed by atoms with Gasteiger partial charge < -0.3 is 36.1 Å². The van der Waals surface area contributed by atoms with Gasteiger partial charge in [0.1, 0.15) is 41.5 Å². The van der Waals surface area contributed by atoms with Crippen LogP contribution in [-0.4, -0.2) is 71.3 Å². The van der Waals surface area contributed by atoms with Crippen LogP contribution in [0.5, 0.6) is 5.75 Å². The Bertz CT molecular complexity index is 1070. The number of aromatic hydroxyl groups is 1. The molecule has 0 bridgehead atoms. The molecule has 1 unspecified atom stereocenters. The third-order valence-corrected chi connectivity index (χ3v) is 5.79. The Balaban J connectivity index is 0.00000240. The van der Waals surface area contributed by atoms with Crippen LogP contribution in [0.4, 0.5) is 0 Å². The summed E-state index contributed by atoms with van der Waals surface area (Å²) in [6.07, 6.45) is -8.61. The van der Waals surface area contributed by atoms with Crippen molar-refractivity contribution in [3.8, 4) is 5.75 Å². The maximum Gasteiger partial charge on any atom is 1.00 e. The van der Waals surface area contributed by atoms with Gasteiger partial charge in [-0.05, 0) is 24.6 Å². The van der Waals surface area contributed by atoms with Gasteiger partial charge in [-0.2, -0.15) is 8.42 Å². The van der Waals surface area contributed by atoms with Crippen LogP contribution >= 0.6 is 0 Å². The van der Waals surface area contributed by atoms with E-state index in [1.807, 2.05) is 0 Å². The second kappa shape index (κ2) is 9.61. The molecular weight excluding hydrogens is 435 g/mol. The van der Waals surface area contributed by atoms with Gasteiger partial charge in [0.25, 0.3) is 10.1 Å². The van der Waals surface area contributed by atoms with E-state index in [0.717, 1.165) is 6.07 Å². The Morgan fingerprint density at radius 3 is 2.47 bits per heavy atom. The number of aryl methyl sites for hydroxylation is 1. The van der Waals surface area contributed by atoms with Gasteiger partial charge in [0.2, 0.25) is 6.29 Å². The molecule has 3 rings (SSSR count). The topological polar surface area (TPSA) is 184 Å². The van der Waals surface area contributed by atoms with Crippen molar-refractivity contribution >= 4 is 21.1 Å². The molecule has 1 saturated heterocycles. The number of hydrogen-bond donors (Lipinski definition) is 5. The molecule has 0 radical (unpaired) electrons. The molecule has 11 nitrogen and oxygen atoms in total. The summed E-state index contributed by atoms with van der Waals surface area (Å²) in [6, 6.07) is 3.64. The first-order valence-electron chi connectivity index (χ1n) is 8.51. The van der Waals surface area contributed by atoms with Crippen molar-refractivity contribution in [2.75, 3.05) is 6.61 Å². The number of rotatable bonds is 5. The van der Waals surface area contributed by atoms with Crippen LogP contribution in [-0.2, 0) is 24.8 Å². The van der Waals surface area contributed by atoms with Gasteiger partial charge >= 0.3 is 35.2 Å². The summed E-state index contributed by atoms with van der Waals surface area (Å²) in [4.78, 5) is 11.8. The molecule has 1 fully saturated rings. The fourth-order valence-electron chi connectivity index (χ4n) is 3.05.